The van der Waals surface area contributed by atoms with Crippen molar-refractivity contribution in [3.63, 3.8) is 0 Å². The fourth-order valence-corrected chi connectivity index (χ4v) is 3.04. The van der Waals surface area contributed by atoms with Crippen molar-refractivity contribution in [3.05, 3.63) is 65.2 Å². The van der Waals surface area contributed by atoms with Crippen molar-refractivity contribution >= 4 is 23.4 Å². The van der Waals surface area contributed by atoms with Crippen molar-refractivity contribution in [1.82, 2.24) is 9.80 Å². The molecule has 3 amide bonds. The van der Waals surface area contributed by atoms with Gasteiger partial charge in [0.25, 0.3) is 11.8 Å². The highest BCUT2D eigenvalue weighted by Gasteiger charge is 2.26. The number of piperazine rings is 1. The van der Waals surface area contributed by atoms with Gasteiger partial charge in [0.1, 0.15) is 0 Å². The van der Waals surface area contributed by atoms with Gasteiger partial charge in [-0.3, -0.25) is 14.4 Å². The Bertz CT molecular complexity index is 925. The van der Waals surface area contributed by atoms with Crippen LogP contribution in [-0.4, -0.2) is 53.7 Å². The van der Waals surface area contributed by atoms with Gasteiger partial charge in [-0.25, -0.2) is 8.78 Å². The predicted molar refractivity (Wildman–Crippen MR) is 98.9 cm³/mol. The minimum absolute atomic E-state index is 0.0710. The maximum atomic E-state index is 13.3. The first kappa shape index (κ1) is 19.5. The standard InChI is InChI=1S/C20H19F2N3O3/c1-13(26)23-16-4-2-3-14(11-16)19(27)24-7-9-25(10-8-24)20(28)15-5-6-17(21)18(22)12-15/h2-6,11-12H,7-10H2,1H3,(H,23,26). The average molecular weight is 387 g/mol. The summed E-state index contributed by atoms with van der Waals surface area (Å²) >= 11 is 0. The summed E-state index contributed by atoms with van der Waals surface area (Å²) in [5.41, 5.74) is 1.04. The number of amides is 3. The summed E-state index contributed by atoms with van der Waals surface area (Å²) in [6.07, 6.45) is 0. The largest absolute Gasteiger partial charge is 0.335 e. The summed E-state index contributed by atoms with van der Waals surface area (Å²) in [7, 11) is 0. The maximum absolute atomic E-state index is 13.3. The zero-order chi connectivity index (χ0) is 20.3. The lowest BCUT2D eigenvalue weighted by atomic mass is 10.1. The van der Waals surface area contributed by atoms with Crippen LogP contribution >= 0.6 is 0 Å². The molecule has 0 atom stereocenters. The highest BCUT2D eigenvalue weighted by molar-refractivity contribution is 5.97. The van der Waals surface area contributed by atoms with Crippen LogP contribution in [0, 0.1) is 11.6 Å². The summed E-state index contributed by atoms with van der Waals surface area (Å²) in [6.45, 7) is 2.60. The normalized spacial score (nSPS) is 14.0. The number of carbonyl (C=O) groups is 3. The molecule has 0 aliphatic carbocycles. The molecule has 3 rings (SSSR count). The molecule has 1 N–H and O–H groups in total. The Morgan fingerprint density at radius 3 is 1.93 bits per heavy atom. The van der Waals surface area contributed by atoms with Gasteiger partial charge < -0.3 is 15.1 Å². The number of nitrogens with one attached hydrogen (secondary N) is 1. The quantitative estimate of drug-likeness (QED) is 0.880. The van der Waals surface area contributed by atoms with Crippen LogP contribution in [0.1, 0.15) is 27.6 Å². The van der Waals surface area contributed by atoms with E-state index in [1.54, 1.807) is 29.2 Å². The average Bonchev–Trinajstić information content (AvgIpc) is 2.69. The molecule has 1 aliphatic heterocycles. The minimum atomic E-state index is -1.07. The molecule has 28 heavy (non-hydrogen) atoms. The first-order valence-corrected chi connectivity index (χ1v) is 8.76. The van der Waals surface area contributed by atoms with Crippen molar-refractivity contribution in [2.45, 2.75) is 6.92 Å². The molecule has 146 valence electrons. The molecule has 0 spiro atoms. The van der Waals surface area contributed by atoms with Gasteiger partial charge in [-0.15, -0.1) is 0 Å². The lowest BCUT2D eigenvalue weighted by Gasteiger charge is -2.35. The molecular formula is C20H19F2N3O3. The van der Waals surface area contributed by atoms with Crippen molar-refractivity contribution < 1.29 is 23.2 Å². The van der Waals surface area contributed by atoms with E-state index in [0.717, 1.165) is 12.1 Å². The highest BCUT2D eigenvalue weighted by Crippen LogP contribution is 2.16. The van der Waals surface area contributed by atoms with Crippen LogP contribution in [0.25, 0.3) is 0 Å². The fourth-order valence-electron chi connectivity index (χ4n) is 3.04. The van der Waals surface area contributed by atoms with Gasteiger partial charge in [0, 0.05) is 49.9 Å². The third-order valence-corrected chi connectivity index (χ3v) is 4.45. The second-order valence-electron chi connectivity index (χ2n) is 6.48. The SMILES string of the molecule is CC(=O)Nc1cccc(C(=O)N2CCN(C(=O)c3ccc(F)c(F)c3)CC2)c1. The molecule has 0 unspecified atom stereocenters. The van der Waals surface area contributed by atoms with Crippen molar-refractivity contribution in [2.75, 3.05) is 31.5 Å². The summed E-state index contributed by atoms with van der Waals surface area (Å²) in [5.74, 6) is -2.91. The van der Waals surface area contributed by atoms with Gasteiger partial charge >= 0.3 is 0 Å². The van der Waals surface area contributed by atoms with E-state index < -0.39 is 17.5 Å². The van der Waals surface area contributed by atoms with Crippen LogP contribution in [0.4, 0.5) is 14.5 Å². The first-order chi connectivity index (χ1) is 13.3. The Hall–Kier alpha value is -3.29. The van der Waals surface area contributed by atoms with Crippen LogP contribution in [0.2, 0.25) is 0 Å². The molecule has 1 aliphatic rings. The van der Waals surface area contributed by atoms with Crippen molar-refractivity contribution in [1.29, 1.82) is 0 Å². The Morgan fingerprint density at radius 1 is 0.821 bits per heavy atom. The summed E-state index contributed by atoms with van der Waals surface area (Å²) in [5, 5.41) is 2.63. The highest BCUT2D eigenvalue weighted by atomic mass is 19.2. The Morgan fingerprint density at radius 2 is 1.39 bits per heavy atom. The minimum Gasteiger partial charge on any atom is -0.335 e. The number of anilines is 1. The maximum Gasteiger partial charge on any atom is 0.254 e. The molecular weight excluding hydrogens is 368 g/mol. The van der Waals surface area contributed by atoms with E-state index >= 15 is 0 Å². The molecule has 0 bridgehead atoms. The van der Waals surface area contributed by atoms with Gasteiger partial charge in [-0.1, -0.05) is 6.07 Å². The van der Waals surface area contributed by atoms with E-state index in [4.69, 9.17) is 0 Å². The predicted octanol–water partition coefficient (Wildman–Crippen LogP) is 2.52. The van der Waals surface area contributed by atoms with Crippen LogP contribution in [-0.2, 0) is 4.79 Å². The molecule has 0 saturated carbocycles. The van der Waals surface area contributed by atoms with Crippen molar-refractivity contribution in [2.24, 2.45) is 0 Å². The van der Waals surface area contributed by atoms with Crippen LogP contribution in [0.5, 0.6) is 0 Å². The van der Waals surface area contributed by atoms with Crippen LogP contribution in [0.3, 0.4) is 0 Å². The monoisotopic (exact) mass is 387 g/mol. The number of nitrogens with zero attached hydrogens (tertiary/aromatic N) is 2. The number of carbonyl (C=O) groups excluding carboxylic acids is 3. The molecule has 6 nitrogen and oxygen atoms in total. The van der Waals surface area contributed by atoms with Gasteiger partial charge in [0.15, 0.2) is 11.6 Å². The number of hydrogen-bond donors (Lipinski definition) is 1. The molecule has 2 aromatic rings. The summed E-state index contributed by atoms with van der Waals surface area (Å²) in [4.78, 5) is 39.4. The van der Waals surface area contributed by atoms with Crippen LogP contribution < -0.4 is 5.32 Å². The van der Waals surface area contributed by atoms with Crippen molar-refractivity contribution in [3.8, 4) is 0 Å². The topological polar surface area (TPSA) is 69.7 Å². The van der Waals surface area contributed by atoms with Crippen LogP contribution in [0.15, 0.2) is 42.5 Å². The van der Waals surface area contributed by atoms with Gasteiger partial charge in [0.2, 0.25) is 5.91 Å². The zero-order valence-corrected chi connectivity index (χ0v) is 15.2. The summed E-state index contributed by atoms with van der Waals surface area (Å²) in [6, 6.07) is 9.67. The Balaban J connectivity index is 1.63. The van der Waals surface area contributed by atoms with Gasteiger partial charge in [0.05, 0.1) is 0 Å². The fraction of sp³-hybridized carbons (Fsp3) is 0.250. The van der Waals surface area contributed by atoms with E-state index in [1.165, 1.54) is 17.9 Å². The second kappa shape index (κ2) is 8.16. The third-order valence-electron chi connectivity index (χ3n) is 4.45. The van der Waals surface area contributed by atoms with Gasteiger partial charge in [-0.05, 0) is 36.4 Å². The van der Waals surface area contributed by atoms with E-state index in [2.05, 4.69) is 5.32 Å². The van der Waals surface area contributed by atoms with E-state index in [9.17, 15) is 23.2 Å². The Kier molecular flexibility index (Phi) is 5.67. The lowest BCUT2D eigenvalue weighted by molar-refractivity contribution is -0.114. The third kappa shape index (κ3) is 4.33. The molecule has 1 fully saturated rings. The number of benzene rings is 2. The van der Waals surface area contributed by atoms with E-state index in [0.29, 0.717) is 24.3 Å². The summed E-state index contributed by atoms with van der Waals surface area (Å²) < 4.78 is 26.4. The van der Waals surface area contributed by atoms with E-state index in [1.807, 2.05) is 0 Å². The second-order valence-corrected chi connectivity index (χ2v) is 6.48. The Labute approximate surface area is 160 Å². The van der Waals surface area contributed by atoms with E-state index in [-0.39, 0.29) is 30.5 Å². The first-order valence-electron chi connectivity index (χ1n) is 8.76. The zero-order valence-electron chi connectivity index (χ0n) is 15.2. The molecule has 0 radical (unpaired) electrons. The number of rotatable bonds is 3. The molecule has 0 aromatic heterocycles. The molecule has 1 saturated heterocycles. The lowest BCUT2D eigenvalue weighted by Crippen LogP contribution is -2.50. The molecule has 2 aromatic carbocycles. The smallest absolute Gasteiger partial charge is 0.254 e. The molecule has 8 heteroatoms. The number of hydrogen-bond acceptors (Lipinski definition) is 3. The molecule has 1 heterocycles. The number of halogens is 2. The van der Waals surface area contributed by atoms with Gasteiger partial charge in [-0.2, -0.15) is 0 Å².